The molecule has 0 bridgehead atoms. The molecule has 24 heavy (non-hydrogen) atoms. The van der Waals surface area contributed by atoms with E-state index in [1.54, 1.807) is 7.11 Å². The van der Waals surface area contributed by atoms with Crippen molar-refractivity contribution in [1.29, 1.82) is 0 Å². The second kappa shape index (κ2) is 7.66. The lowest BCUT2D eigenvalue weighted by atomic mass is 9.97. The van der Waals surface area contributed by atoms with Crippen molar-refractivity contribution < 1.29 is 19.4 Å². The number of carbonyl (C=O) groups excluding carboxylic acids is 1. The minimum atomic E-state index is -0.873. The van der Waals surface area contributed by atoms with Crippen molar-refractivity contribution in [1.82, 2.24) is 5.32 Å². The molecule has 6 heteroatoms. The number of rotatable bonds is 7. The Labute approximate surface area is 145 Å². The number of fused-ring (bicyclic) bond motifs is 1. The fraction of sp³-hybridized carbons (Fsp3) is 0.444. The van der Waals surface area contributed by atoms with Crippen LogP contribution in [0.15, 0.2) is 18.2 Å². The summed E-state index contributed by atoms with van der Waals surface area (Å²) in [6.45, 7) is 5.99. The van der Waals surface area contributed by atoms with Gasteiger partial charge in [0.25, 0.3) is 5.91 Å². The van der Waals surface area contributed by atoms with Crippen molar-refractivity contribution >= 4 is 33.3 Å². The van der Waals surface area contributed by atoms with Crippen LogP contribution < -0.4 is 10.1 Å². The molecule has 2 rings (SSSR count). The van der Waals surface area contributed by atoms with Crippen molar-refractivity contribution in [2.45, 2.75) is 27.2 Å². The number of nitrogens with one attached hydrogen (secondary N) is 1. The first-order valence-corrected chi connectivity index (χ1v) is 8.73. The summed E-state index contributed by atoms with van der Waals surface area (Å²) in [5.74, 6) is -0.645. The highest BCUT2D eigenvalue weighted by molar-refractivity contribution is 7.21. The summed E-state index contributed by atoms with van der Waals surface area (Å²) < 4.78 is 6.24. The summed E-state index contributed by atoms with van der Waals surface area (Å²) >= 11 is 1.41. The summed E-state index contributed by atoms with van der Waals surface area (Å²) in [5.41, 5.74) is 0.891. The van der Waals surface area contributed by atoms with Crippen LogP contribution in [0.5, 0.6) is 5.75 Å². The maximum atomic E-state index is 12.5. The minimum absolute atomic E-state index is 0.142. The number of thiophene rings is 1. The van der Waals surface area contributed by atoms with Crippen LogP contribution in [-0.4, -0.2) is 30.6 Å². The molecule has 5 nitrogen and oxygen atoms in total. The summed E-state index contributed by atoms with van der Waals surface area (Å²) in [7, 11) is 1.61. The average Bonchev–Trinajstić information content (AvgIpc) is 2.87. The van der Waals surface area contributed by atoms with E-state index in [0.29, 0.717) is 11.3 Å². The highest BCUT2D eigenvalue weighted by atomic mass is 32.1. The van der Waals surface area contributed by atoms with Crippen LogP contribution in [0.3, 0.4) is 0 Å². The van der Waals surface area contributed by atoms with Gasteiger partial charge in [-0.05, 0) is 48.4 Å². The Kier molecular flexibility index (Phi) is 5.83. The predicted octanol–water partition coefficient (Wildman–Crippen LogP) is 3.70. The van der Waals surface area contributed by atoms with Gasteiger partial charge in [0.2, 0.25) is 0 Å². The number of aliphatic carboxylic acids is 1. The van der Waals surface area contributed by atoms with Gasteiger partial charge in [0.15, 0.2) is 0 Å². The molecule has 2 aromatic rings. The molecular formula is C18H23NO4S. The van der Waals surface area contributed by atoms with Crippen LogP contribution in [0, 0.1) is 18.8 Å². The molecule has 0 spiro atoms. The number of amides is 1. The molecule has 1 unspecified atom stereocenters. The van der Waals surface area contributed by atoms with E-state index in [1.807, 2.05) is 39.0 Å². The van der Waals surface area contributed by atoms with Crippen LogP contribution >= 0.6 is 11.3 Å². The Bertz CT molecular complexity index is 751. The molecule has 1 aromatic carbocycles. The fourth-order valence-electron chi connectivity index (χ4n) is 2.68. The van der Waals surface area contributed by atoms with E-state index in [-0.39, 0.29) is 18.4 Å². The van der Waals surface area contributed by atoms with Gasteiger partial charge in [-0.1, -0.05) is 13.8 Å². The molecular weight excluding hydrogens is 326 g/mol. The molecule has 1 heterocycles. The van der Waals surface area contributed by atoms with Gasteiger partial charge in [0.05, 0.1) is 17.9 Å². The standard InChI is InChI=1S/C18H23NO4S/c1-10(2)7-12(18(21)22)9-19-17(20)16-11(3)14-8-13(23-4)5-6-15(14)24-16/h5-6,8,10,12H,7,9H2,1-4H3,(H,19,20)(H,21,22). The zero-order valence-corrected chi connectivity index (χ0v) is 15.2. The molecule has 0 saturated carbocycles. The first-order valence-electron chi connectivity index (χ1n) is 7.91. The van der Waals surface area contributed by atoms with Crippen LogP contribution in [0.25, 0.3) is 10.1 Å². The summed E-state index contributed by atoms with van der Waals surface area (Å²) in [5, 5.41) is 13.0. The first kappa shape index (κ1) is 18.3. The van der Waals surface area contributed by atoms with Gasteiger partial charge >= 0.3 is 5.97 Å². The number of hydrogen-bond acceptors (Lipinski definition) is 4. The Morgan fingerprint density at radius 3 is 2.62 bits per heavy atom. The molecule has 0 radical (unpaired) electrons. The molecule has 0 aliphatic heterocycles. The van der Waals surface area contributed by atoms with E-state index >= 15 is 0 Å². The number of aryl methyl sites for hydroxylation is 1. The summed E-state index contributed by atoms with van der Waals surface area (Å²) in [6, 6.07) is 5.71. The van der Waals surface area contributed by atoms with E-state index in [2.05, 4.69) is 5.32 Å². The van der Waals surface area contributed by atoms with Gasteiger partial charge in [-0.3, -0.25) is 9.59 Å². The maximum Gasteiger partial charge on any atom is 0.308 e. The SMILES string of the molecule is COc1ccc2sc(C(=O)NCC(CC(C)C)C(=O)O)c(C)c2c1. The largest absolute Gasteiger partial charge is 0.497 e. The second-order valence-corrected chi connectivity index (χ2v) is 7.35. The Balaban J connectivity index is 2.16. The zero-order valence-electron chi connectivity index (χ0n) is 14.4. The lowest BCUT2D eigenvalue weighted by Crippen LogP contribution is -2.33. The van der Waals surface area contributed by atoms with Gasteiger partial charge in [0, 0.05) is 11.2 Å². The maximum absolute atomic E-state index is 12.5. The Morgan fingerprint density at radius 2 is 2.04 bits per heavy atom. The van der Waals surface area contributed by atoms with Crippen molar-refractivity contribution in [2.75, 3.05) is 13.7 Å². The number of carboxylic acid groups (broad SMARTS) is 1. The topological polar surface area (TPSA) is 75.6 Å². The van der Waals surface area contributed by atoms with Gasteiger partial charge in [-0.15, -0.1) is 11.3 Å². The molecule has 1 aromatic heterocycles. The van der Waals surface area contributed by atoms with Crippen LogP contribution in [-0.2, 0) is 4.79 Å². The highest BCUT2D eigenvalue weighted by Gasteiger charge is 2.22. The zero-order chi connectivity index (χ0) is 17.9. The number of carboxylic acids is 1. The van der Waals surface area contributed by atoms with Gasteiger partial charge in [-0.25, -0.2) is 0 Å². The third-order valence-corrected chi connectivity index (χ3v) is 5.24. The Morgan fingerprint density at radius 1 is 1.33 bits per heavy atom. The molecule has 0 fully saturated rings. The monoisotopic (exact) mass is 349 g/mol. The number of benzene rings is 1. The van der Waals surface area contributed by atoms with Gasteiger partial charge in [-0.2, -0.15) is 0 Å². The van der Waals surface area contributed by atoms with Crippen molar-refractivity contribution in [2.24, 2.45) is 11.8 Å². The molecule has 0 aliphatic rings. The molecule has 2 N–H and O–H groups in total. The molecule has 0 aliphatic carbocycles. The third-order valence-electron chi connectivity index (χ3n) is 3.96. The fourth-order valence-corrected chi connectivity index (χ4v) is 3.79. The van der Waals surface area contributed by atoms with Crippen molar-refractivity contribution in [3.05, 3.63) is 28.6 Å². The van der Waals surface area contributed by atoms with Gasteiger partial charge in [0.1, 0.15) is 5.75 Å². The van der Waals surface area contributed by atoms with Crippen molar-refractivity contribution in [3.63, 3.8) is 0 Å². The third kappa shape index (κ3) is 4.06. The summed E-state index contributed by atoms with van der Waals surface area (Å²) in [4.78, 5) is 24.4. The van der Waals surface area contributed by atoms with E-state index in [1.165, 1.54) is 11.3 Å². The lowest BCUT2D eigenvalue weighted by Gasteiger charge is -2.15. The van der Waals surface area contributed by atoms with Gasteiger partial charge < -0.3 is 15.2 Å². The van der Waals surface area contributed by atoms with E-state index < -0.39 is 11.9 Å². The average molecular weight is 349 g/mol. The second-order valence-electron chi connectivity index (χ2n) is 6.29. The molecule has 1 amide bonds. The number of methoxy groups -OCH3 is 1. The van der Waals surface area contributed by atoms with Crippen molar-refractivity contribution in [3.8, 4) is 5.75 Å². The smallest absolute Gasteiger partial charge is 0.308 e. The van der Waals surface area contributed by atoms with Crippen LogP contribution in [0.1, 0.15) is 35.5 Å². The quantitative estimate of drug-likeness (QED) is 0.799. The van der Waals surface area contributed by atoms with E-state index in [9.17, 15) is 14.7 Å². The molecule has 0 saturated heterocycles. The number of carbonyl (C=O) groups is 2. The molecule has 1 atom stereocenters. The number of ether oxygens (including phenoxy) is 1. The Hall–Kier alpha value is -2.08. The highest BCUT2D eigenvalue weighted by Crippen LogP contribution is 2.33. The first-order chi connectivity index (χ1) is 11.3. The predicted molar refractivity (Wildman–Crippen MR) is 96.0 cm³/mol. The summed E-state index contributed by atoms with van der Waals surface area (Å²) in [6.07, 6.45) is 0.540. The minimum Gasteiger partial charge on any atom is -0.497 e. The van der Waals surface area contributed by atoms with Crippen LogP contribution in [0.4, 0.5) is 0 Å². The normalized spacial score (nSPS) is 12.4. The lowest BCUT2D eigenvalue weighted by molar-refractivity contribution is -0.142. The number of hydrogen-bond donors (Lipinski definition) is 2. The van der Waals surface area contributed by atoms with Crippen LogP contribution in [0.2, 0.25) is 0 Å². The van der Waals surface area contributed by atoms with E-state index in [4.69, 9.17) is 4.74 Å². The van der Waals surface area contributed by atoms with E-state index in [0.717, 1.165) is 21.4 Å². The molecule has 130 valence electrons.